The standard InChI is InChI=1S/C15H23N3O/c1-2-9-17-18-15(19)14-5-3-12(4-6-14)13-7-10-16-11-8-13/h3-6,13,16-17H,2,7-11H2,1H3,(H,18,19). The fraction of sp³-hybridized carbons (Fsp3) is 0.533. The summed E-state index contributed by atoms with van der Waals surface area (Å²) in [6, 6.07) is 8.01. The molecule has 0 aliphatic carbocycles. The Balaban J connectivity index is 1.91. The van der Waals surface area contributed by atoms with Crippen LogP contribution < -0.4 is 16.2 Å². The Hall–Kier alpha value is -1.39. The molecule has 0 radical (unpaired) electrons. The summed E-state index contributed by atoms with van der Waals surface area (Å²) in [7, 11) is 0. The van der Waals surface area contributed by atoms with Gasteiger partial charge in [-0.05, 0) is 56.0 Å². The highest BCUT2D eigenvalue weighted by atomic mass is 16.2. The molecule has 104 valence electrons. The highest BCUT2D eigenvalue weighted by molar-refractivity contribution is 5.93. The van der Waals surface area contributed by atoms with E-state index in [-0.39, 0.29) is 5.91 Å². The van der Waals surface area contributed by atoms with Crippen LogP contribution in [-0.2, 0) is 0 Å². The van der Waals surface area contributed by atoms with E-state index in [4.69, 9.17) is 0 Å². The first-order valence-corrected chi connectivity index (χ1v) is 7.15. The molecule has 1 fully saturated rings. The van der Waals surface area contributed by atoms with E-state index in [2.05, 4.69) is 35.2 Å². The first-order chi connectivity index (χ1) is 9.31. The second kappa shape index (κ2) is 7.26. The molecule has 0 spiro atoms. The van der Waals surface area contributed by atoms with Crippen LogP contribution >= 0.6 is 0 Å². The van der Waals surface area contributed by atoms with Gasteiger partial charge in [0.2, 0.25) is 0 Å². The van der Waals surface area contributed by atoms with Crippen molar-refractivity contribution in [2.75, 3.05) is 19.6 Å². The van der Waals surface area contributed by atoms with Crippen molar-refractivity contribution in [1.29, 1.82) is 0 Å². The Kier molecular flexibility index (Phi) is 5.36. The van der Waals surface area contributed by atoms with E-state index < -0.39 is 0 Å². The second-order valence-electron chi connectivity index (χ2n) is 5.03. The number of hydrogen-bond donors (Lipinski definition) is 3. The first kappa shape index (κ1) is 14.0. The minimum absolute atomic E-state index is 0.0645. The topological polar surface area (TPSA) is 53.2 Å². The lowest BCUT2D eigenvalue weighted by Gasteiger charge is -2.23. The molecule has 0 unspecified atom stereocenters. The van der Waals surface area contributed by atoms with Crippen molar-refractivity contribution in [2.45, 2.75) is 32.1 Å². The first-order valence-electron chi connectivity index (χ1n) is 7.15. The minimum atomic E-state index is -0.0645. The number of rotatable bonds is 5. The Bertz CT molecular complexity index is 396. The van der Waals surface area contributed by atoms with E-state index in [1.807, 2.05) is 12.1 Å². The summed E-state index contributed by atoms with van der Waals surface area (Å²) in [6.07, 6.45) is 3.36. The van der Waals surface area contributed by atoms with Crippen LogP contribution in [-0.4, -0.2) is 25.5 Å². The molecule has 1 aliphatic heterocycles. The van der Waals surface area contributed by atoms with E-state index in [1.54, 1.807) is 0 Å². The van der Waals surface area contributed by atoms with Gasteiger partial charge in [-0.2, -0.15) is 0 Å². The number of piperidine rings is 1. The molecule has 0 aromatic heterocycles. The van der Waals surface area contributed by atoms with Crippen molar-refractivity contribution < 1.29 is 4.79 Å². The van der Waals surface area contributed by atoms with Gasteiger partial charge in [0.15, 0.2) is 0 Å². The minimum Gasteiger partial charge on any atom is -0.317 e. The van der Waals surface area contributed by atoms with Crippen LogP contribution in [0.3, 0.4) is 0 Å². The van der Waals surface area contributed by atoms with Gasteiger partial charge in [-0.1, -0.05) is 19.1 Å². The average Bonchev–Trinajstić information content (AvgIpc) is 2.48. The fourth-order valence-electron chi connectivity index (χ4n) is 2.40. The second-order valence-corrected chi connectivity index (χ2v) is 5.03. The lowest BCUT2D eigenvalue weighted by Crippen LogP contribution is -2.37. The quantitative estimate of drug-likeness (QED) is 0.559. The van der Waals surface area contributed by atoms with Gasteiger partial charge in [-0.25, -0.2) is 5.43 Å². The molecular formula is C15H23N3O. The fourth-order valence-corrected chi connectivity index (χ4v) is 2.40. The molecule has 0 bridgehead atoms. The van der Waals surface area contributed by atoms with Crippen LogP contribution in [0.2, 0.25) is 0 Å². The van der Waals surface area contributed by atoms with E-state index in [0.717, 1.165) is 26.1 Å². The molecule has 1 heterocycles. The van der Waals surface area contributed by atoms with Gasteiger partial charge < -0.3 is 5.32 Å². The number of hydrogen-bond acceptors (Lipinski definition) is 3. The van der Waals surface area contributed by atoms with Crippen LogP contribution in [0.5, 0.6) is 0 Å². The average molecular weight is 261 g/mol. The number of nitrogens with one attached hydrogen (secondary N) is 3. The van der Waals surface area contributed by atoms with Crippen LogP contribution in [0.4, 0.5) is 0 Å². The monoisotopic (exact) mass is 261 g/mol. The molecule has 1 saturated heterocycles. The van der Waals surface area contributed by atoms with Crippen molar-refractivity contribution in [3.63, 3.8) is 0 Å². The van der Waals surface area contributed by atoms with E-state index in [9.17, 15) is 4.79 Å². The van der Waals surface area contributed by atoms with E-state index in [1.165, 1.54) is 18.4 Å². The number of benzene rings is 1. The summed E-state index contributed by atoms with van der Waals surface area (Å²) in [5.74, 6) is 0.571. The molecule has 19 heavy (non-hydrogen) atoms. The van der Waals surface area contributed by atoms with Gasteiger partial charge in [0.05, 0.1) is 0 Å². The Morgan fingerprint density at radius 1 is 1.26 bits per heavy atom. The molecule has 1 aromatic carbocycles. The smallest absolute Gasteiger partial charge is 0.265 e. The van der Waals surface area contributed by atoms with Gasteiger partial charge >= 0.3 is 0 Å². The Morgan fingerprint density at radius 2 is 1.95 bits per heavy atom. The lowest BCUT2D eigenvalue weighted by atomic mass is 9.90. The predicted molar refractivity (Wildman–Crippen MR) is 77.0 cm³/mol. The normalized spacial score (nSPS) is 16.3. The molecular weight excluding hydrogens is 238 g/mol. The molecule has 2 rings (SSSR count). The van der Waals surface area contributed by atoms with Crippen molar-refractivity contribution in [3.8, 4) is 0 Å². The molecule has 0 atom stereocenters. The molecule has 0 saturated carbocycles. The Labute approximate surface area is 114 Å². The summed E-state index contributed by atoms with van der Waals surface area (Å²) in [5.41, 5.74) is 7.66. The molecule has 1 aromatic rings. The zero-order valence-corrected chi connectivity index (χ0v) is 11.5. The number of carbonyl (C=O) groups excluding carboxylic acids is 1. The molecule has 1 amide bonds. The third kappa shape index (κ3) is 4.04. The number of hydrazine groups is 1. The highest BCUT2D eigenvalue weighted by Crippen LogP contribution is 2.25. The molecule has 1 aliphatic rings. The molecule has 4 nitrogen and oxygen atoms in total. The van der Waals surface area contributed by atoms with E-state index >= 15 is 0 Å². The van der Waals surface area contributed by atoms with Crippen LogP contribution in [0, 0.1) is 0 Å². The summed E-state index contributed by atoms with van der Waals surface area (Å²) >= 11 is 0. The molecule has 4 heteroatoms. The maximum atomic E-state index is 11.8. The SMILES string of the molecule is CCCNNC(=O)c1ccc(C2CCNCC2)cc1. The van der Waals surface area contributed by atoms with Crippen molar-refractivity contribution in [3.05, 3.63) is 35.4 Å². The summed E-state index contributed by atoms with van der Waals surface area (Å²) < 4.78 is 0. The molecule has 3 N–H and O–H groups in total. The zero-order valence-electron chi connectivity index (χ0n) is 11.5. The van der Waals surface area contributed by atoms with Gasteiger partial charge in [0.1, 0.15) is 0 Å². The van der Waals surface area contributed by atoms with Crippen molar-refractivity contribution >= 4 is 5.91 Å². The van der Waals surface area contributed by atoms with Gasteiger partial charge in [-0.3, -0.25) is 10.2 Å². The largest absolute Gasteiger partial charge is 0.317 e. The predicted octanol–water partition coefficient (Wildman–Crippen LogP) is 1.80. The summed E-state index contributed by atoms with van der Waals surface area (Å²) in [4.78, 5) is 11.8. The van der Waals surface area contributed by atoms with E-state index in [0.29, 0.717) is 11.5 Å². The van der Waals surface area contributed by atoms with Crippen LogP contribution in [0.15, 0.2) is 24.3 Å². The third-order valence-electron chi connectivity index (χ3n) is 3.56. The maximum absolute atomic E-state index is 11.8. The summed E-state index contributed by atoms with van der Waals surface area (Å²) in [5, 5.41) is 3.37. The van der Waals surface area contributed by atoms with Crippen molar-refractivity contribution in [2.24, 2.45) is 0 Å². The van der Waals surface area contributed by atoms with Gasteiger partial charge in [0.25, 0.3) is 5.91 Å². The number of amides is 1. The maximum Gasteiger partial charge on any atom is 0.265 e. The van der Waals surface area contributed by atoms with Gasteiger partial charge in [-0.15, -0.1) is 0 Å². The summed E-state index contributed by atoms with van der Waals surface area (Å²) in [6.45, 7) is 5.04. The van der Waals surface area contributed by atoms with Gasteiger partial charge in [0, 0.05) is 12.1 Å². The lowest BCUT2D eigenvalue weighted by molar-refractivity contribution is 0.0933. The Morgan fingerprint density at radius 3 is 2.58 bits per heavy atom. The zero-order chi connectivity index (χ0) is 13.5. The highest BCUT2D eigenvalue weighted by Gasteiger charge is 2.15. The van der Waals surface area contributed by atoms with Crippen LogP contribution in [0.25, 0.3) is 0 Å². The van der Waals surface area contributed by atoms with Crippen molar-refractivity contribution in [1.82, 2.24) is 16.2 Å². The third-order valence-corrected chi connectivity index (χ3v) is 3.56. The van der Waals surface area contributed by atoms with Crippen LogP contribution in [0.1, 0.15) is 48.0 Å². The number of carbonyl (C=O) groups is 1.